The van der Waals surface area contributed by atoms with Crippen molar-refractivity contribution in [1.29, 1.82) is 0 Å². The molecule has 4 aliphatic rings. The molecular weight excluding hydrogens is 398 g/mol. The number of rotatable bonds is 4. The van der Waals surface area contributed by atoms with Crippen LogP contribution in [0.1, 0.15) is 54.4 Å². The van der Waals surface area contributed by atoms with Crippen molar-refractivity contribution >= 4 is 27.5 Å². The summed E-state index contributed by atoms with van der Waals surface area (Å²) in [6.07, 6.45) is 10.0. The van der Waals surface area contributed by atoms with Gasteiger partial charge in [-0.25, -0.2) is 0 Å². The van der Waals surface area contributed by atoms with Crippen molar-refractivity contribution in [2.75, 3.05) is 5.32 Å². The van der Waals surface area contributed by atoms with Crippen molar-refractivity contribution < 1.29 is 4.79 Å². The molecule has 27 heavy (non-hydrogen) atoms. The molecule has 4 bridgehead atoms. The maximum Gasteiger partial charge on any atom is 0.256 e. The molecule has 6 rings (SSSR count). The van der Waals surface area contributed by atoms with Gasteiger partial charge in [-0.15, -0.1) is 0 Å². The lowest BCUT2D eigenvalue weighted by atomic mass is 9.48. The third kappa shape index (κ3) is 3.47. The summed E-state index contributed by atoms with van der Waals surface area (Å²) in [6, 6.07) is 16.1. The highest BCUT2D eigenvalue weighted by atomic mass is 79.9. The molecule has 2 nitrogen and oxygen atoms in total. The van der Waals surface area contributed by atoms with E-state index in [4.69, 9.17) is 0 Å². The number of halogens is 1. The number of carbonyl (C=O) groups is 1. The zero-order valence-corrected chi connectivity index (χ0v) is 17.2. The van der Waals surface area contributed by atoms with Crippen LogP contribution in [0.2, 0.25) is 0 Å². The third-order valence-corrected chi connectivity index (χ3v) is 7.77. The zero-order valence-electron chi connectivity index (χ0n) is 15.6. The SMILES string of the molecule is O=C(Nc1ccc(CC23CC4CC(CC(C4)C2)C3)cc1)c1ccccc1Br. The second-order valence-corrected chi connectivity index (χ2v) is 10.1. The van der Waals surface area contributed by atoms with Gasteiger partial charge in [0.2, 0.25) is 0 Å². The molecule has 0 radical (unpaired) electrons. The Morgan fingerprint density at radius 3 is 2.11 bits per heavy atom. The van der Waals surface area contributed by atoms with E-state index in [1.54, 1.807) is 0 Å². The standard InChI is InChI=1S/C24H26BrNO/c25-22-4-2-1-3-21(22)23(27)26-20-7-5-16(6-8-20)12-24-13-17-9-18(14-24)11-19(10-17)15-24/h1-8,17-19H,9-15H2,(H,26,27). The Kier molecular flexibility index (Phi) is 4.39. The number of benzene rings is 2. The molecule has 0 saturated heterocycles. The highest BCUT2D eigenvalue weighted by Gasteiger charge is 2.50. The predicted molar refractivity (Wildman–Crippen MR) is 113 cm³/mol. The Morgan fingerprint density at radius 1 is 0.926 bits per heavy atom. The average Bonchev–Trinajstić information content (AvgIpc) is 2.62. The van der Waals surface area contributed by atoms with Crippen LogP contribution < -0.4 is 5.32 Å². The molecule has 4 fully saturated rings. The summed E-state index contributed by atoms with van der Waals surface area (Å²) in [5, 5.41) is 3.02. The lowest BCUT2D eigenvalue weighted by molar-refractivity contribution is -0.0521. The molecule has 2 aromatic carbocycles. The fourth-order valence-electron chi connectivity index (χ4n) is 6.49. The highest BCUT2D eigenvalue weighted by molar-refractivity contribution is 9.10. The van der Waals surface area contributed by atoms with Crippen LogP contribution in [0.15, 0.2) is 53.0 Å². The molecular formula is C24H26BrNO. The summed E-state index contributed by atoms with van der Waals surface area (Å²) in [5.74, 6) is 2.92. The van der Waals surface area contributed by atoms with E-state index in [2.05, 4.69) is 45.5 Å². The van der Waals surface area contributed by atoms with Crippen LogP contribution in [0.4, 0.5) is 5.69 Å². The molecule has 0 heterocycles. The van der Waals surface area contributed by atoms with Crippen LogP contribution in [0.5, 0.6) is 0 Å². The van der Waals surface area contributed by atoms with Crippen molar-refractivity contribution in [2.24, 2.45) is 23.2 Å². The minimum absolute atomic E-state index is 0.0729. The second kappa shape index (κ2) is 6.77. The average molecular weight is 424 g/mol. The van der Waals surface area contributed by atoms with Crippen molar-refractivity contribution in [2.45, 2.75) is 44.9 Å². The summed E-state index contributed by atoms with van der Waals surface area (Å²) in [5.41, 5.74) is 3.52. The molecule has 0 spiro atoms. The molecule has 0 atom stereocenters. The van der Waals surface area contributed by atoms with Crippen LogP contribution in [0.25, 0.3) is 0 Å². The van der Waals surface area contributed by atoms with Gasteiger partial charge in [0, 0.05) is 10.2 Å². The van der Waals surface area contributed by atoms with Gasteiger partial charge in [0.15, 0.2) is 0 Å². The number of hydrogen-bond donors (Lipinski definition) is 1. The van der Waals surface area contributed by atoms with E-state index < -0.39 is 0 Å². The van der Waals surface area contributed by atoms with E-state index in [1.165, 1.54) is 50.5 Å². The Balaban J connectivity index is 1.27. The minimum Gasteiger partial charge on any atom is -0.322 e. The van der Waals surface area contributed by atoms with Crippen LogP contribution in [-0.4, -0.2) is 5.91 Å². The van der Waals surface area contributed by atoms with Crippen molar-refractivity contribution in [3.8, 4) is 0 Å². The molecule has 4 aliphatic carbocycles. The largest absolute Gasteiger partial charge is 0.322 e. The van der Waals surface area contributed by atoms with Crippen LogP contribution in [-0.2, 0) is 6.42 Å². The fraction of sp³-hybridized carbons (Fsp3) is 0.458. The number of amides is 1. The van der Waals surface area contributed by atoms with Crippen molar-refractivity contribution in [3.05, 3.63) is 64.1 Å². The number of hydrogen-bond acceptors (Lipinski definition) is 1. The van der Waals surface area contributed by atoms with E-state index in [9.17, 15) is 4.79 Å². The van der Waals surface area contributed by atoms with E-state index in [0.717, 1.165) is 27.9 Å². The van der Waals surface area contributed by atoms with Gasteiger partial charge in [-0.1, -0.05) is 24.3 Å². The van der Waals surface area contributed by atoms with Crippen molar-refractivity contribution in [1.82, 2.24) is 0 Å². The molecule has 0 aliphatic heterocycles. The van der Waals surface area contributed by atoms with Gasteiger partial charge < -0.3 is 5.32 Å². The van der Waals surface area contributed by atoms with Crippen LogP contribution >= 0.6 is 15.9 Å². The van der Waals surface area contributed by atoms with E-state index >= 15 is 0 Å². The summed E-state index contributed by atoms with van der Waals surface area (Å²) in [4.78, 5) is 12.5. The molecule has 1 N–H and O–H groups in total. The number of carbonyl (C=O) groups excluding carboxylic acids is 1. The first-order valence-corrected chi connectivity index (χ1v) is 11.0. The number of nitrogens with one attached hydrogen (secondary N) is 1. The second-order valence-electron chi connectivity index (χ2n) is 9.23. The summed E-state index contributed by atoms with van der Waals surface area (Å²) in [6.45, 7) is 0. The monoisotopic (exact) mass is 423 g/mol. The summed E-state index contributed by atoms with van der Waals surface area (Å²) in [7, 11) is 0. The number of anilines is 1. The van der Waals surface area contributed by atoms with Gasteiger partial charge in [-0.05, 0) is 114 Å². The van der Waals surface area contributed by atoms with Crippen LogP contribution in [0.3, 0.4) is 0 Å². The maximum atomic E-state index is 12.5. The van der Waals surface area contributed by atoms with Gasteiger partial charge in [0.05, 0.1) is 5.56 Å². The van der Waals surface area contributed by atoms with Crippen molar-refractivity contribution in [3.63, 3.8) is 0 Å². The van der Waals surface area contributed by atoms with E-state index in [-0.39, 0.29) is 5.91 Å². The third-order valence-electron chi connectivity index (χ3n) is 7.07. The topological polar surface area (TPSA) is 29.1 Å². The summed E-state index contributed by atoms with van der Waals surface area (Å²) >= 11 is 3.45. The van der Waals surface area contributed by atoms with Crippen LogP contribution in [0, 0.1) is 23.2 Å². The maximum absolute atomic E-state index is 12.5. The molecule has 4 saturated carbocycles. The zero-order chi connectivity index (χ0) is 18.4. The molecule has 3 heteroatoms. The van der Waals surface area contributed by atoms with E-state index in [1.807, 2.05) is 24.3 Å². The summed E-state index contributed by atoms with van der Waals surface area (Å²) < 4.78 is 0.820. The molecule has 2 aromatic rings. The Bertz CT molecular complexity index is 822. The highest BCUT2D eigenvalue weighted by Crippen LogP contribution is 2.61. The quantitative estimate of drug-likeness (QED) is 0.600. The predicted octanol–water partition coefficient (Wildman–Crippen LogP) is 6.46. The lowest BCUT2D eigenvalue weighted by Crippen LogP contribution is -2.47. The fourth-order valence-corrected chi connectivity index (χ4v) is 6.95. The Morgan fingerprint density at radius 2 is 1.52 bits per heavy atom. The minimum atomic E-state index is -0.0729. The van der Waals surface area contributed by atoms with E-state index in [0.29, 0.717) is 11.0 Å². The normalized spacial score (nSPS) is 31.1. The van der Waals surface area contributed by atoms with Gasteiger partial charge in [-0.3, -0.25) is 4.79 Å². The molecule has 140 valence electrons. The van der Waals surface area contributed by atoms with Gasteiger partial charge in [0.1, 0.15) is 0 Å². The molecule has 0 unspecified atom stereocenters. The first-order chi connectivity index (χ1) is 13.1. The first kappa shape index (κ1) is 17.5. The first-order valence-electron chi connectivity index (χ1n) is 10.2. The van der Waals surface area contributed by atoms with Gasteiger partial charge in [0.25, 0.3) is 5.91 Å². The van der Waals surface area contributed by atoms with Gasteiger partial charge in [-0.2, -0.15) is 0 Å². The molecule has 0 aromatic heterocycles. The lowest BCUT2D eigenvalue weighted by Gasteiger charge is -2.57. The smallest absolute Gasteiger partial charge is 0.256 e. The Labute approximate surface area is 169 Å². The molecule has 1 amide bonds. The Hall–Kier alpha value is -1.61. The van der Waals surface area contributed by atoms with Gasteiger partial charge >= 0.3 is 0 Å².